The molecule has 0 aliphatic carbocycles. The Labute approximate surface area is 254 Å². The van der Waals surface area contributed by atoms with Crippen molar-refractivity contribution in [2.24, 2.45) is 5.92 Å². The summed E-state index contributed by atoms with van der Waals surface area (Å²) in [5.41, 5.74) is 4.80. The highest BCUT2D eigenvalue weighted by atomic mass is 35.5. The minimum absolute atomic E-state index is 0.0679. The standard InChI is InChI=1S/C33H43ClN4O4/c1-3-4-19-42-33(41)37-14-10-28(11-15-37)38-16-9-26(32(38)40)21-29-23(2)20-27(22-30(29)34)24-5-7-25(8-6-24)31(39)36-17-12-35-13-18-36/h5-8,20,22,26,28,35H,3-4,9-19,21H2,1-2H3. The number of carbonyl (C=O) groups excluding carboxylic acids is 3. The number of piperazine rings is 1. The van der Waals surface area contributed by atoms with E-state index < -0.39 is 0 Å². The van der Waals surface area contributed by atoms with Crippen molar-refractivity contribution in [2.75, 3.05) is 52.4 Å². The Kier molecular flexibility index (Phi) is 10.1. The Morgan fingerprint density at radius 3 is 2.33 bits per heavy atom. The number of rotatable bonds is 8. The number of halogens is 1. The zero-order chi connectivity index (χ0) is 29.6. The van der Waals surface area contributed by atoms with Gasteiger partial charge in [0.15, 0.2) is 0 Å². The summed E-state index contributed by atoms with van der Waals surface area (Å²) in [7, 11) is 0. The van der Waals surface area contributed by atoms with Gasteiger partial charge in [-0.1, -0.05) is 43.1 Å². The topological polar surface area (TPSA) is 82.2 Å². The fourth-order valence-electron chi connectivity index (χ4n) is 6.37. The lowest BCUT2D eigenvalue weighted by Gasteiger charge is -2.36. The fourth-order valence-corrected chi connectivity index (χ4v) is 6.72. The summed E-state index contributed by atoms with van der Waals surface area (Å²) in [6, 6.07) is 12.0. The summed E-state index contributed by atoms with van der Waals surface area (Å²) in [6.07, 6.45) is 4.66. The predicted molar refractivity (Wildman–Crippen MR) is 165 cm³/mol. The zero-order valence-electron chi connectivity index (χ0n) is 24.9. The van der Waals surface area contributed by atoms with Crippen LogP contribution in [0.4, 0.5) is 4.79 Å². The van der Waals surface area contributed by atoms with Crippen LogP contribution in [0.25, 0.3) is 11.1 Å². The van der Waals surface area contributed by atoms with E-state index in [-0.39, 0.29) is 29.9 Å². The minimum Gasteiger partial charge on any atom is -0.449 e. The maximum Gasteiger partial charge on any atom is 0.409 e. The van der Waals surface area contributed by atoms with E-state index in [2.05, 4.69) is 25.2 Å². The number of nitrogens with zero attached hydrogens (tertiary/aromatic N) is 3. The molecule has 1 atom stereocenters. The molecule has 2 aromatic rings. The highest BCUT2D eigenvalue weighted by molar-refractivity contribution is 6.31. The molecule has 0 spiro atoms. The number of carbonyl (C=O) groups is 3. The van der Waals surface area contributed by atoms with E-state index in [9.17, 15) is 14.4 Å². The van der Waals surface area contributed by atoms with Gasteiger partial charge >= 0.3 is 6.09 Å². The molecule has 3 aliphatic rings. The third-order valence-electron chi connectivity index (χ3n) is 8.98. The molecule has 3 aliphatic heterocycles. The first-order valence-corrected chi connectivity index (χ1v) is 15.8. The minimum atomic E-state index is -0.235. The van der Waals surface area contributed by atoms with E-state index >= 15 is 0 Å². The Morgan fingerprint density at radius 2 is 1.67 bits per heavy atom. The van der Waals surface area contributed by atoms with Crippen molar-refractivity contribution in [1.29, 1.82) is 0 Å². The molecule has 1 unspecified atom stereocenters. The number of amides is 3. The average molecular weight is 595 g/mol. The first kappa shape index (κ1) is 30.4. The van der Waals surface area contributed by atoms with Crippen LogP contribution >= 0.6 is 11.6 Å². The van der Waals surface area contributed by atoms with Crippen LogP contribution in [-0.2, 0) is 16.0 Å². The summed E-state index contributed by atoms with van der Waals surface area (Å²) >= 11 is 6.83. The van der Waals surface area contributed by atoms with E-state index in [0.29, 0.717) is 36.7 Å². The Bertz CT molecular complexity index is 1250. The van der Waals surface area contributed by atoms with Gasteiger partial charge < -0.3 is 24.8 Å². The third-order valence-corrected chi connectivity index (χ3v) is 9.31. The number of hydrogen-bond acceptors (Lipinski definition) is 5. The molecule has 226 valence electrons. The summed E-state index contributed by atoms with van der Waals surface area (Å²) in [5, 5.41) is 3.95. The maximum atomic E-state index is 13.5. The second kappa shape index (κ2) is 13.9. The van der Waals surface area contributed by atoms with E-state index in [1.54, 1.807) is 4.90 Å². The van der Waals surface area contributed by atoms with Crippen molar-refractivity contribution in [1.82, 2.24) is 20.0 Å². The van der Waals surface area contributed by atoms with Gasteiger partial charge in [0, 0.05) is 68.4 Å². The molecular weight excluding hydrogens is 552 g/mol. The highest BCUT2D eigenvalue weighted by Crippen LogP contribution is 2.34. The molecule has 3 amide bonds. The lowest BCUT2D eigenvalue weighted by atomic mass is 9.92. The van der Waals surface area contributed by atoms with Crippen molar-refractivity contribution in [3.05, 3.63) is 58.1 Å². The Balaban J connectivity index is 1.17. The third kappa shape index (κ3) is 6.92. The van der Waals surface area contributed by atoms with Crippen molar-refractivity contribution in [3.63, 3.8) is 0 Å². The summed E-state index contributed by atoms with van der Waals surface area (Å²) in [6.45, 7) is 9.72. The lowest BCUT2D eigenvalue weighted by Crippen LogP contribution is -2.47. The van der Waals surface area contributed by atoms with Crippen LogP contribution in [0.15, 0.2) is 36.4 Å². The zero-order valence-corrected chi connectivity index (χ0v) is 25.6. The summed E-state index contributed by atoms with van der Waals surface area (Å²) < 4.78 is 5.36. The van der Waals surface area contributed by atoms with E-state index in [4.69, 9.17) is 16.3 Å². The van der Waals surface area contributed by atoms with Crippen LogP contribution in [0.5, 0.6) is 0 Å². The number of nitrogens with one attached hydrogen (secondary N) is 1. The molecule has 0 radical (unpaired) electrons. The fraction of sp³-hybridized carbons (Fsp3) is 0.545. The molecule has 0 aromatic heterocycles. The summed E-state index contributed by atoms with van der Waals surface area (Å²) in [4.78, 5) is 44.3. The lowest BCUT2D eigenvalue weighted by molar-refractivity contribution is -0.133. The van der Waals surface area contributed by atoms with E-state index in [1.165, 1.54) is 0 Å². The maximum absolute atomic E-state index is 13.5. The van der Waals surface area contributed by atoms with Crippen LogP contribution in [0.3, 0.4) is 0 Å². The molecule has 9 heteroatoms. The van der Waals surface area contributed by atoms with Gasteiger partial charge in [0.1, 0.15) is 0 Å². The van der Waals surface area contributed by atoms with Crippen molar-refractivity contribution in [3.8, 4) is 11.1 Å². The van der Waals surface area contributed by atoms with Gasteiger partial charge in [-0.2, -0.15) is 0 Å². The van der Waals surface area contributed by atoms with Gasteiger partial charge in [-0.05, 0) is 79.5 Å². The molecule has 5 rings (SSSR count). The molecule has 2 aromatic carbocycles. The van der Waals surface area contributed by atoms with Crippen molar-refractivity contribution in [2.45, 2.75) is 58.4 Å². The van der Waals surface area contributed by atoms with Gasteiger partial charge in [-0.15, -0.1) is 0 Å². The van der Waals surface area contributed by atoms with Crippen LogP contribution in [0, 0.1) is 12.8 Å². The van der Waals surface area contributed by atoms with Crippen molar-refractivity contribution < 1.29 is 19.1 Å². The molecule has 3 fully saturated rings. The molecule has 0 bridgehead atoms. The predicted octanol–water partition coefficient (Wildman–Crippen LogP) is 5.15. The second-order valence-corrected chi connectivity index (χ2v) is 12.2. The number of likely N-dealkylation sites (tertiary alicyclic amines) is 2. The van der Waals surface area contributed by atoms with Gasteiger partial charge in [0.25, 0.3) is 5.91 Å². The van der Waals surface area contributed by atoms with Crippen molar-refractivity contribution >= 4 is 29.5 Å². The van der Waals surface area contributed by atoms with Crippen LogP contribution in [-0.4, -0.2) is 91.1 Å². The summed E-state index contributed by atoms with van der Waals surface area (Å²) in [5.74, 6) is 0.181. The van der Waals surface area contributed by atoms with Gasteiger partial charge in [-0.25, -0.2) is 4.79 Å². The number of unbranched alkanes of at least 4 members (excludes halogenated alkanes) is 1. The monoisotopic (exact) mass is 594 g/mol. The van der Waals surface area contributed by atoms with Gasteiger partial charge in [0.2, 0.25) is 5.91 Å². The molecule has 1 N–H and O–H groups in total. The molecule has 8 nitrogen and oxygen atoms in total. The Hall–Kier alpha value is -3.10. The molecule has 3 saturated heterocycles. The van der Waals surface area contributed by atoms with Crippen LogP contribution in [0.1, 0.15) is 60.5 Å². The number of hydrogen-bond donors (Lipinski definition) is 1. The Morgan fingerprint density at radius 1 is 0.952 bits per heavy atom. The van der Waals surface area contributed by atoms with E-state index in [1.807, 2.05) is 40.1 Å². The largest absolute Gasteiger partial charge is 0.449 e. The molecular formula is C33H43ClN4O4. The highest BCUT2D eigenvalue weighted by Gasteiger charge is 2.38. The first-order valence-electron chi connectivity index (χ1n) is 15.5. The number of aryl methyl sites for hydroxylation is 1. The SMILES string of the molecule is CCCCOC(=O)N1CCC(N2CCC(Cc3c(C)cc(-c4ccc(C(=O)N5CCNCC5)cc4)cc3Cl)C2=O)CC1. The molecule has 0 saturated carbocycles. The van der Waals surface area contributed by atoms with Gasteiger partial charge in [-0.3, -0.25) is 9.59 Å². The number of piperidine rings is 1. The normalized spacial score (nSPS) is 19.8. The smallest absolute Gasteiger partial charge is 0.409 e. The molecule has 42 heavy (non-hydrogen) atoms. The first-order chi connectivity index (χ1) is 20.4. The van der Waals surface area contributed by atoms with Crippen LogP contribution < -0.4 is 5.32 Å². The molecule has 3 heterocycles. The van der Waals surface area contributed by atoms with Gasteiger partial charge in [0.05, 0.1) is 6.61 Å². The number of benzene rings is 2. The quantitative estimate of drug-likeness (QED) is 0.427. The van der Waals surface area contributed by atoms with Crippen LogP contribution in [0.2, 0.25) is 5.02 Å². The number of ether oxygens (including phenoxy) is 1. The van der Waals surface area contributed by atoms with E-state index in [0.717, 1.165) is 87.1 Å². The average Bonchev–Trinajstić information content (AvgIpc) is 3.38. The second-order valence-electron chi connectivity index (χ2n) is 11.8.